The first-order chi connectivity index (χ1) is 22.2. The van der Waals surface area contributed by atoms with E-state index in [9.17, 15) is 19.7 Å². The molecule has 0 spiro atoms. The zero-order valence-electron chi connectivity index (χ0n) is 25.5. The van der Waals surface area contributed by atoms with Gasteiger partial charge in [-0.3, -0.25) is 19.5 Å². The zero-order chi connectivity index (χ0) is 32.5. The molecule has 232 valence electrons. The van der Waals surface area contributed by atoms with Gasteiger partial charge in [-0.25, -0.2) is 9.79 Å². The molecule has 0 radical (unpaired) electrons. The Hall–Kier alpha value is -5.55. The number of furan rings is 1. The number of rotatable bonds is 8. The standard InChI is InChI=1S/C35H29N3O7S/c1-5-44-34(40)30-31(22-9-7-6-8-10-22)36-35-37(32(30)23-12-11-20(2)28(18-23)43-4)33(39)29(46-35)19-25-14-16-27(45-25)26-15-13-24(38(41)42)17-21(26)3/h6-19,32H,5H2,1-4H3/b29-19+/t32-/m0/s1. The van der Waals surface area contributed by atoms with Crippen molar-refractivity contribution >= 4 is 34.8 Å². The van der Waals surface area contributed by atoms with Gasteiger partial charge in [0.25, 0.3) is 11.2 Å². The molecule has 46 heavy (non-hydrogen) atoms. The number of nitro groups is 1. The van der Waals surface area contributed by atoms with Crippen molar-refractivity contribution in [2.24, 2.45) is 4.99 Å². The van der Waals surface area contributed by atoms with Gasteiger partial charge >= 0.3 is 5.97 Å². The molecule has 0 saturated carbocycles. The van der Waals surface area contributed by atoms with Crippen molar-refractivity contribution in [3.05, 3.63) is 142 Å². The largest absolute Gasteiger partial charge is 0.496 e. The van der Waals surface area contributed by atoms with E-state index in [4.69, 9.17) is 18.9 Å². The van der Waals surface area contributed by atoms with Crippen LogP contribution in [0.2, 0.25) is 0 Å². The maximum atomic E-state index is 14.2. The number of nitro benzene ring substituents is 1. The molecule has 0 bridgehead atoms. The van der Waals surface area contributed by atoms with E-state index in [0.717, 1.165) is 5.56 Å². The summed E-state index contributed by atoms with van der Waals surface area (Å²) in [5, 5.41) is 11.2. The molecule has 0 N–H and O–H groups in total. The Labute approximate surface area is 267 Å². The highest BCUT2D eigenvalue weighted by molar-refractivity contribution is 7.07. The Balaban J connectivity index is 1.55. The van der Waals surface area contributed by atoms with E-state index in [0.29, 0.717) is 54.6 Å². The average molecular weight is 636 g/mol. The van der Waals surface area contributed by atoms with Crippen molar-refractivity contribution in [3.8, 4) is 17.1 Å². The topological polar surface area (TPSA) is 126 Å². The first-order valence-corrected chi connectivity index (χ1v) is 15.3. The Morgan fingerprint density at radius 3 is 2.54 bits per heavy atom. The number of thiazole rings is 1. The summed E-state index contributed by atoms with van der Waals surface area (Å²) in [6.07, 6.45) is 1.64. The van der Waals surface area contributed by atoms with Crippen LogP contribution in [0.25, 0.3) is 23.1 Å². The molecule has 10 nitrogen and oxygen atoms in total. The van der Waals surface area contributed by atoms with Crippen LogP contribution in [0.5, 0.6) is 5.75 Å². The van der Waals surface area contributed by atoms with Crippen LogP contribution in [0, 0.1) is 24.0 Å². The number of aryl methyl sites for hydroxylation is 2. The molecule has 1 aliphatic heterocycles. The predicted molar refractivity (Wildman–Crippen MR) is 174 cm³/mol. The first-order valence-electron chi connectivity index (χ1n) is 14.5. The SMILES string of the molecule is CCOC(=O)C1=C(c2ccccc2)N=c2s/c(=C/c3ccc(-c4ccc([N+](=O)[O-])cc4C)o3)c(=O)n2[C@H]1c1ccc(C)c(OC)c1. The number of methoxy groups -OCH3 is 1. The summed E-state index contributed by atoms with van der Waals surface area (Å²) in [6, 6.07) is 22.1. The van der Waals surface area contributed by atoms with E-state index in [2.05, 4.69) is 0 Å². The summed E-state index contributed by atoms with van der Waals surface area (Å²) in [6.45, 7) is 5.57. The number of ether oxygens (including phenoxy) is 2. The third kappa shape index (κ3) is 5.56. The van der Waals surface area contributed by atoms with Crippen LogP contribution in [0.15, 0.2) is 98.6 Å². The second-order valence-electron chi connectivity index (χ2n) is 10.6. The van der Waals surface area contributed by atoms with Crippen molar-refractivity contribution in [1.82, 2.24) is 4.57 Å². The van der Waals surface area contributed by atoms with Crippen molar-refractivity contribution in [2.45, 2.75) is 26.8 Å². The van der Waals surface area contributed by atoms with Gasteiger partial charge in [-0.1, -0.05) is 53.8 Å². The summed E-state index contributed by atoms with van der Waals surface area (Å²) in [7, 11) is 1.57. The van der Waals surface area contributed by atoms with Crippen LogP contribution >= 0.6 is 11.3 Å². The molecule has 0 unspecified atom stereocenters. The molecule has 1 aliphatic rings. The van der Waals surface area contributed by atoms with Gasteiger partial charge in [0, 0.05) is 29.3 Å². The number of hydrogen-bond acceptors (Lipinski definition) is 9. The number of hydrogen-bond donors (Lipinski definition) is 0. The fraction of sp³-hybridized carbons (Fsp3) is 0.171. The van der Waals surface area contributed by atoms with Gasteiger partial charge in [-0.05, 0) is 61.7 Å². The van der Waals surface area contributed by atoms with Crippen LogP contribution in [0.3, 0.4) is 0 Å². The highest BCUT2D eigenvalue weighted by Crippen LogP contribution is 2.37. The van der Waals surface area contributed by atoms with Gasteiger partial charge in [-0.15, -0.1) is 0 Å². The van der Waals surface area contributed by atoms with Crippen molar-refractivity contribution in [3.63, 3.8) is 0 Å². The summed E-state index contributed by atoms with van der Waals surface area (Å²) in [5.74, 6) is 0.968. The molecule has 5 aromatic rings. The Morgan fingerprint density at radius 2 is 1.85 bits per heavy atom. The summed E-state index contributed by atoms with van der Waals surface area (Å²) in [5.41, 5.74) is 3.96. The van der Waals surface area contributed by atoms with Gasteiger partial charge in [0.1, 0.15) is 17.3 Å². The molecule has 0 saturated heterocycles. The van der Waals surface area contributed by atoms with E-state index in [1.54, 1.807) is 45.2 Å². The Bertz CT molecular complexity index is 2210. The summed E-state index contributed by atoms with van der Waals surface area (Å²) >= 11 is 1.18. The lowest BCUT2D eigenvalue weighted by Gasteiger charge is -2.26. The van der Waals surface area contributed by atoms with Crippen molar-refractivity contribution in [2.75, 3.05) is 13.7 Å². The predicted octanol–water partition coefficient (Wildman–Crippen LogP) is 5.73. The number of nitrogens with zero attached hydrogens (tertiary/aromatic N) is 3. The Kier molecular flexibility index (Phi) is 8.25. The van der Waals surface area contributed by atoms with Crippen LogP contribution < -0.4 is 19.6 Å². The van der Waals surface area contributed by atoms with Crippen molar-refractivity contribution in [1.29, 1.82) is 0 Å². The maximum Gasteiger partial charge on any atom is 0.338 e. The number of carbonyl (C=O) groups is 1. The smallest absolute Gasteiger partial charge is 0.338 e. The lowest BCUT2D eigenvalue weighted by atomic mass is 9.92. The van der Waals surface area contributed by atoms with Gasteiger partial charge in [-0.2, -0.15) is 0 Å². The number of benzene rings is 3. The van der Waals surface area contributed by atoms with Crippen LogP contribution in [-0.2, 0) is 9.53 Å². The third-order valence-electron chi connectivity index (χ3n) is 7.71. The molecule has 0 amide bonds. The van der Waals surface area contributed by atoms with Gasteiger partial charge < -0.3 is 13.9 Å². The number of non-ortho nitro benzene ring substituents is 1. The molecule has 3 heterocycles. The highest BCUT2D eigenvalue weighted by atomic mass is 32.1. The molecular formula is C35H29N3O7S. The van der Waals surface area contributed by atoms with Crippen LogP contribution in [-0.4, -0.2) is 29.2 Å². The molecule has 6 rings (SSSR count). The van der Waals surface area contributed by atoms with Gasteiger partial charge in [0.15, 0.2) is 4.80 Å². The average Bonchev–Trinajstić information content (AvgIpc) is 3.64. The minimum absolute atomic E-state index is 0.00745. The van der Waals surface area contributed by atoms with E-state index >= 15 is 0 Å². The zero-order valence-corrected chi connectivity index (χ0v) is 26.3. The molecule has 11 heteroatoms. The van der Waals surface area contributed by atoms with E-state index in [1.807, 2.05) is 55.5 Å². The Morgan fingerprint density at radius 1 is 1.07 bits per heavy atom. The number of aromatic nitrogens is 1. The minimum atomic E-state index is -0.850. The molecule has 0 fully saturated rings. The van der Waals surface area contributed by atoms with Crippen molar-refractivity contribution < 1.29 is 23.6 Å². The second-order valence-corrected chi connectivity index (χ2v) is 11.6. The van der Waals surface area contributed by atoms with Gasteiger partial charge in [0.05, 0.1) is 40.5 Å². The lowest BCUT2D eigenvalue weighted by Crippen LogP contribution is -2.40. The molecular weight excluding hydrogens is 606 g/mol. The summed E-state index contributed by atoms with van der Waals surface area (Å²) < 4.78 is 19.1. The van der Waals surface area contributed by atoms with E-state index in [1.165, 1.54) is 28.0 Å². The monoisotopic (exact) mass is 635 g/mol. The molecule has 2 aromatic heterocycles. The van der Waals surface area contributed by atoms with Crippen LogP contribution in [0.1, 0.15) is 41.0 Å². The number of esters is 1. The lowest BCUT2D eigenvalue weighted by molar-refractivity contribution is -0.384. The van der Waals surface area contributed by atoms with Gasteiger partial charge in [0.2, 0.25) is 0 Å². The highest BCUT2D eigenvalue weighted by Gasteiger charge is 2.35. The fourth-order valence-corrected chi connectivity index (χ4v) is 6.49. The maximum absolute atomic E-state index is 14.2. The quantitative estimate of drug-likeness (QED) is 0.121. The third-order valence-corrected chi connectivity index (χ3v) is 8.69. The molecule has 3 aromatic carbocycles. The summed E-state index contributed by atoms with van der Waals surface area (Å²) in [4.78, 5) is 43.9. The van der Waals surface area contributed by atoms with Crippen LogP contribution in [0.4, 0.5) is 5.69 Å². The molecule has 1 atom stereocenters. The minimum Gasteiger partial charge on any atom is -0.496 e. The normalized spacial score (nSPS) is 14.5. The van der Waals surface area contributed by atoms with E-state index in [-0.39, 0.29) is 23.4 Å². The first kappa shape index (κ1) is 30.5. The number of carbonyl (C=O) groups excluding carboxylic acids is 1. The molecule has 0 aliphatic carbocycles. The fourth-order valence-electron chi connectivity index (χ4n) is 5.50. The number of fused-ring (bicyclic) bond motifs is 1. The van der Waals surface area contributed by atoms with E-state index < -0.39 is 16.9 Å². The second kappa shape index (κ2) is 12.4.